The van der Waals surface area contributed by atoms with E-state index in [9.17, 15) is 4.79 Å². The number of hydrogen-bond donors (Lipinski definition) is 4. The third kappa shape index (κ3) is 9.90. The van der Waals surface area contributed by atoms with Gasteiger partial charge < -0.3 is 21.7 Å². The molecular formula is C21H30ClN7O2. The Hall–Kier alpha value is -3.20. The normalized spacial score (nSPS) is 15.3. The summed E-state index contributed by atoms with van der Waals surface area (Å²) in [6.45, 7) is 1.84. The number of hydrogen-bond acceptors (Lipinski definition) is 7. The summed E-state index contributed by atoms with van der Waals surface area (Å²) in [5.41, 5.74) is 7.51. The first-order valence-corrected chi connectivity index (χ1v) is 10.4. The van der Waals surface area contributed by atoms with Gasteiger partial charge >= 0.3 is 0 Å². The lowest BCUT2D eigenvalue weighted by molar-refractivity contribution is -0.109. The topological polar surface area (TPSA) is 134 Å². The number of nitrogens with zero attached hydrogens (tertiary/aromatic N) is 3. The Balaban J connectivity index is 0.00000110. The van der Waals surface area contributed by atoms with E-state index in [-0.39, 0.29) is 0 Å². The van der Waals surface area contributed by atoms with Crippen molar-refractivity contribution in [1.29, 1.82) is 0 Å². The summed E-state index contributed by atoms with van der Waals surface area (Å²) in [5, 5.41) is 8.46. The van der Waals surface area contributed by atoms with Crippen molar-refractivity contribution >= 4 is 42.2 Å². The molecule has 0 atom stereocenters. The number of amides is 2. The number of nitrogens with one attached hydrogen (secondary N) is 3. The highest BCUT2D eigenvalue weighted by Gasteiger charge is 2.16. The van der Waals surface area contributed by atoms with Gasteiger partial charge in [-0.2, -0.15) is 0 Å². The molecule has 0 saturated heterocycles. The highest BCUT2D eigenvalue weighted by molar-refractivity contribution is 6.33. The number of aromatic nitrogens is 2. The minimum absolute atomic E-state index is 0.386. The molecule has 5 N–H and O–H groups in total. The van der Waals surface area contributed by atoms with Gasteiger partial charge in [0.1, 0.15) is 0 Å². The van der Waals surface area contributed by atoms with Crippen LogP contribution in [0.4, 0.5) is 5.95 Å². The van der Waals surface area contributed by atoms with Gasteiger partial charge in [0.25, 0.3) is 0 Å². The molecular weight excluding hydrogens is 418 g/mol. The lowest BCUT2D eigenvalue weighted by atomic mass is 9.96. The molecule has 10 heteroatoms. The first kappa shape index (κ1) is 25.8. The summed E-state index contributed by atoms with van der Waals surface area (Å²) in [5.74, 6) is 0.537. The Morgan fingerprint density at radius 1 is 1.26 bits per heavy atom. The van der Waals surface area contributed by atoms with Crippen LogP contribution >= 0.6 is 11.6 Å². The van der Waals surface area contributed by atoms with Gasteiger partial charge in [-0.25, -0.2) is 9.97 Å². The minimum atomic E-state index is 0.386. The fourth-order valence-electron chi connectivity index (χ4n) is 2.78. The van der Waals surface area contributed by atoms with Crippen LogP contribution in [0.25, 0.3) is 5.57 Å². The summed E-state index contributed by atoms with van der Waals surface area (Å²) in [4.78, 5) is 32.5. The molecule has 1 aliphatic carbocycles. The maximum atomic E-state index is 10.3. The van der Waals surface area contributed by atoms with E-state index >= 15 is 0 Å². The molecule has 0 bridgehead atoms. The second kappa shape index (κ2) is 15.6. The molecule has 0 spiro atoms. The van der Waals surface area contributed by atoms with Gasteiger partial charge in [0.05, 0.1) is 22.6 Å². The molecule has 0 aromatic carbocycles. The predicted octanol–water partition coefficient (Wildman–Crippen LogP) is 2.77. The Labute approximate surface area is 188 Å². The molecule has 1 aromatic heterocycles. The van der Waals surface area contributed by atoms with Crippen molar-refractivity contribution in [1.82, 2.24) is 20.6 Å². The van der Waals surface area contributed by atoms with Gasteiger partial charge in [-0.15, -0.1) is 0 Å². The van der Waals surface area contributed by atoms with Crippen LogP contribution in [0, 0.1) is 0 Å². The highest BCUT2D eigenvalue weighted by Crippen LogP contribution is 2.24. The third-order valence-electron chi connectivity index (χ3n) is 4.32. The number of carbonyl (C=O) groups is 2. The molecule has 0 aliphatic heterocycles. The Kier molecular flexibility index (Phi) is 13.0. The molecule has 1 fully saturated rings. The van der Waals surface area contributed by atoms with Gasteiger partial charge in [-0.05, 0) is 25.8 Å². The van der Waals surface area contributed by atoms with Crippen LogP contribution in [0.1, 0.15) is 44.7 Å². The first-order valence-electron chi connectivity index (χ1n) is 9.98. The predicted molar refractivity (Wildman–Crippen MR) is 125 cm³/mol. The fraction of sp³-hybridized carbons (Fsp3) is 0.381. The molecule has 2 amide bonds. The Morgan fingerprint density at radius 2 is 1.97 bits per heavy atom. The molecule has 9 nitrogen and oxygen atoms in total. The number of halogens is 1. The third-order valence-corrected chi connectivity index (χ3v) is 4.60. The number of allylic oxidation sites excluding steroid dienone is 3. The second-order valence-corrected chi connectivity index (χ2v) is 6.89. The van der Waals surface area contributed by atoms with E-state index in [2.05, 4.69) is 30.9 Å². The maximum absolute atomic E-state index is 10.3. The Bertz CT molecular complexity index is 816. The molecule has 168 valence electrons. The summed E-state index contributed by atoms with van der Waals surface area (Å²) >= 11 is 6.28. The standard InChI is InChI=1S/C19H25ClN6O.C2H5NO/c1-2-15(8-9-22-13-27)23-11-14(10-21)18-17(20)12-24-19(26-18)25-16-6-4-3-5-7-16;1-3-2-4/h2,8-13,16H,3-7,21H2,1H3,(H,22,27)(H,24,25,26);2H,1H3,(H,3,4)/b9-8-,14-10+,15-2+,23-11+;. The van der Waals surface area contributed by atoms with Crippen LogP contribution in [-0.2, 0) is 9.59 Å². The molecule has 1 saturated carbocycles. The number of anilines is 1. The van der Waals surface area contributed by atoms with E-state index in [1.807, 2.05) is 6.92 Å². The SMILES string of the molecule is C/C=C(\C=C/NC=O)/N=C/C(=C\N)c1nc(NC2CCCCC2)ncc1Cl.CNC=O. The van der Waals surface area contributed by atoms with Gasteiger partial charge in [-0.1, -0.05) is 36.9 Å². The monoisotopic (exact) mass is 447 g/mol. The average molecular weight is 448 g/mol. The van der Waals surface area contributed by atoms with Crippen molar-refractivity contribution in [2.45, 2.75) is 45.1 Å². The number of nitrogens with two attached hydrogens (primary N) is 1. The smallest absolute Gasteiger partial charge is 0.223 e. The van der Waals surface area contributed by atoms with Crippen molar-refractivity contribution in [2.24, 2.45) is 10.7 Å². The molecule has 0 unspecified atom stereocenters. The van der Waals surface area contributed by atoms with E-state index in [4.69, 9.17) is 22.1 Å². The number of rotatable bonds is 9. The quantitative estimate of drug-likeness (QED) is 0.261. The van der Waals surface area contributed by atoms with Crippen molar-refractivity contribution in [3.8, 4) is 0 Å². The molecule has 1 aliphatic rings. The van der Waals surface area contributed by atoms with E-state index in [1.165, 1.54) is 31.7 Å². The largest absolute Gasteiger partial charge is 0.404 e. The van der Waals surface area contributed by atoms with E-state index in [0.29, 0.717) is 46.8 Å². The highest BCUT2D eigenvalue weighted by atomic mass is 35.5. The van der Waals surface area contributed by atoms with Crippen LogP contribution < -0.4 is 21.7 Å². The van der Waals surface area contributed by atoms with E-state index < -0.39 is 0 Å². The summed E-state index contributed by atoms with van der Waals surface area (Å²) < 4.78 is 0. The van der Waals surface area contributed by atoms with Crippen LogP contribution in [0.2, 0.25) is 5.02 Å². The van der Waals surface area contributed by atoms with Gasteiger partial charge in [-0.3, -0.25) is 14.6 Å². The van der Waals surface area contributed by atoms with Gasteiger partial charge in [0.2, 0.25) is 18.8 Å². The fourth-order valence-corrected chi connectivity index (χ4v) is 2.98. The van der Waals surface area contributed by atoms with E-state index in [1.54, 1.807) is 31.6 Å². The van der Waals surface area contributed by atoms with Gasteiger partial charge in [0, 0.05) is 37.3 Å². The van der Waals surface area contributed by atoms with Crippen LogP contribution in [0.15, 0.2) is 41.4 Å². The zero-order valence-corrected chi connectivity index (χ0v) is 18.6. The zero-order chi connectivity index (χ0) is 22.9. The molecule has 1 heterocycles. The summed E-state index contributed by atoms with van der Waals surface area (Å²) in [7, 11) is 1.56. The summed E-state index contributed by atoms with van der Waals surface area (Å²) in [6, 6.07) is 0.386. The molecule has 1 aromatic rings. The van der Waals surface area contributed by atoms with Crippen LogP contribution in [0.3, 0.4) is 0 Å². The molecule has 31 heavy (non-hydrogen) atoms. The lowest BCUT2D eigenvalue weighted by Gasteiger charge is -2.22. The van der Waals surface area contributed by atoms with Crippen LogP contribution in [0.5, 0.6) is 0 Å². The Morgan fingerprint density at radius 3 is 2.55 bits per heavy atom. The number of carbonyl (C=O) groups excluding carboxylic acids is 2. The van der Waals surface area contributed by atoms with Crippen molar-refractivity contribution in [3.63, 3.8) is 0 Å². The second-order valence-electron chi connectivity index (χ2n) is 6.49. The van der Waals surface area contributed by atoms with E-state index in [0.717, 1.165) is 12.8 Å². The van der Waals surface area contributed by atoms with Crippen molar-refractivity contribution in [2.75, 3.05) is 12.4 Å². The maximum Gasteiger partial charge on any atom is 0.223 e. The number of aliphatic imine (C=N–C) groups is 1. The van der Waals surface area contributed by atoms with Crippen molar-refractivity contribution in [3.05, 3.63) is 47.2 Å². The average Bonchev–Trinajstić information content (AvgIpc) is 2.81. The molecule has 0 radical (unpaired) electrons. The van der Waals surface area contributed by atoms with Crippen molar-refractivity contribution < 1.29 is 9.59 Å². The first-order chi connectivity index (χ1) is 15.1. The molecule has 2 rings (SSSR count). The van der Waals surface area contributed by atoms with Gasteiger partial charge in [0.15, 0.2) is 0 Å². The van der Waals surface area contributed by atoms with Crippen LogP contribution in [-0.4, -0.2) is 42.1 Å². The lowest BCUT2D eigenvalue weighted by Crippen LogP contribution is -2.23. The minimum Gasteiger partial charge on any atom is -0.404 e. The zero-order valence-electron chi connectivity index (χ0n) is 17.8. The summed E-state index contributed by atoms with van der Waals surface area (Å²) in [6.07, 6.45) is 16.7.